The average Bonchev–Trinajstić information content (AvgIpc) is 2.67. The van der Waals surface area contributed by atoms with E-state index in [9.17, 15) is 0 Å². The van der Waals surface area contributed by atoms with Crippen LogP contribution in [0.3, 0.4) is 0 Å². The van der Waals surface area contributed by atoms with E-state index < -0.39 is 0 Å². The van der Waals surface area contributed by atoms with E-state index in [0.29, 0.717) is 0 Å². The van der Waals surface area contributed by atoms with Crippen LogP contribution in [0.25, 0.3) is 0 Å². The molecule has 2 aliphatic rings. The topological polar surface area (TPSA) is 0 Å². The Morgan fingerprint density at radius 2 is 1.23 bits per heavy atom. The van der Waals surface area contributed by atoms with Crippen LogP contribution in [0.2, 0.25) is 0 Å². The summed E-state index contributed by atoms with van der Waals surface area (Å²) >= 11 is 0. The van der Waals surface area contributed by atoms with Crippen LogP contribution in [0.4, 0.5) is 0 Å². The van der Waals surface area contributed by atoms with Gasteiger partial charge in [-0.25, -0.2) is 24.3 Å². The van der Waals surface area contributed by atoms with E-state index in [1.54, 1.807) is 0 Å². The second-order valence-corrected chi connectivity index (χ2v) is 2.01. The van der Waals surface area contributed by atoms with Crippen LogP contribution in [0, 0.1) is 12.2 Å². The van der Waals surface area contributed by atoms with Gasteiger partial charge >= 0.3 is 26.2 Å². The summed E-state index contributed by atoms with van der Waals surface area (Å²) in [4.78, 5) is 0. The maximum absolute atomic E-state index is 2.99. The molecule has 2 aliphatic carbocycles. The summed E-state index contributed by atoms with van der Waals surface area (Å²) in [6.45, 7) is 0. The van der Waals surface area contributed by atoms with Crippen LogP contribution in [0.15, 0.2) is 36.5 Å². The Labute approximate surface area is 116 Å². The Bertz CT molecular complexity index is 153. The Hall–Kier alpha value is 0.613. The van der Waals surface area contributed by atoms with Gasteiger partial charge in [-0.05, 0) is 0 Å². The standard InChI is InChI=1S/2C5H5.BrH.ClH.Zr/c2*1-2-4-5-3-1;;;/h2*1-3H,4H2;2*1H;/q2*-1;;;+4/p-2. The zero-order valence-electron chi connectivity index (χ0n) is 7.13. The van der Waals surface area contributed by atoms with Crippen molar-refractivity contribution in [2.24, 2.45) is 0 Å². The number of allylic oxidation sites excluding steroid dienone is 8. The van der Waals surface area contributed by atoms with Crippen LogP contribution in [-0.2, 0) is 26.2 Å². The van der Waals surface area contributed by atoms with Gasteiger partial charge in [0.15, 0.2) is 0 Å². The summed E-state index contributed by atoms with van der Waals surface area (Å²) in [6, 6.07) is 0. The van der Waals surface area contributed by atoms with E-state index in [2.05, 4.69) is 24.3 Å². The van der Waals surface area contributed by atoms with E-state index in [1.807, 2.05) is 24.3 Å². The fourth-order valence-electron chi connectivity index (χ4n) is 0.680. The van der Waals surface area contributed by atoms with E-state index in [0.717, 1.165) is 12.8 Å². The Kier molecular flexibility index (Phi) is 22.3. The molecule has 0 unspecified atom stereocenters. The summed E-state index contributed by atoms with van der Waals surface area (Å²) in [5, 5.41) is 0. The molecule has 0 fully saturated rings. The van der Waals surface area contributed by atoms with Gasteiger partial charge in [-0.15, -0.1) is 12.8 Å². The molecule has 0 spiro atoms. The molecule has 0 amide bonds. The maximum atomic E-state index is 2.99. The van der Waals surface area contributed by atoms with Gasteiger partial charge in [-0.1, -0.05) is 0 Å². The molecule has 0 bridgehead atoms. The normalized spacial score (nSPS) is 13.5. The number of halogens is 2. The van der Waals surface area contributed by atoms with Gasteiger partial charge in [0.2, 0.25) is 0 Å². The van der Waals surface area contributed by atoms with Crippen molar-refractivity contribution in [3.63, 3.8) is 0 Å². The quantitative estimate of drug-likeness (QED) is 0.405. The van der Waals surface area contributed by atoms with Crippen molar-refractivity contribution in [2.45, 2.75) is 12.8 Å². The van der Waals surface area contributed by atoms with E-state index >= 15 is 0 Å². The molecule has 3 heteroatoms. The molecule has 0 aromatic rings. The van der Waals surface area contributed by atoms with E-state index in [4.69, 9.17) is 0 Å². The minimum atomic E-state index is 0. The van der Waals surface area contributed by atoms with Gasteiger partial charge in [0, 0.05) is 0 Å². The first-order valence-corrected chi connectivity index (χ1v) is 3.43. The van der Waals surface area contributed by atoms with Crippen molar-refractivity contribution in [1.29, 1.82) is 0 Å². The SMILES string of the molecule is [Br-].[C-]1=CC=CC1.[C-]1=CC=CC1.[Cl-].[Zr+4]. The number of hydrogen-bond acceptors (Lipinski definition) is 0. The Balaban J connectivity index is -0.000000125. The first-order valence-electron chi connectivity index (χ1n) is 3.43. The van der Waals surface area contributed by atoms with Crippen LogP contribution < -0.4 is 29.4 Å². The molecule has 0 N–H and O–H groups in total. The molecule has 2 rings (SSSR count). The van der Waals surface area contributed by atoms with Crippen LogP contribution in [0.1, 0.15) is 12.8 Å². The monoisotopic (exact) mass is 334 g/mol. The van der Waals surface area contributed by atoms with Gasteiger partial charge in [0.25, 0.3) is 0 Å². The first-order chi connectivity index (χ1) is 5.00. The summed E-state index contributed by atoms with van der Waals surface area (Å²) in [5.41, 5.74) is 0. The number of rotatable bonds is 0. The van der Waals surface area contributed by atoms with Crippen molar-refractivity contribution < 1.29 is 55.6 Å². The largest absolute Gasteiger partial charge is 4.00 e. The molecule has 68 valence electrons. The Morgan fingerprint density at radius 3 is 1.31 bits per heavy atom. The van der Waals surface area contributed by atoms with Crippen LogP contribution in [0.5, 0.6) is 0 Å². The van der Waals surface area contributed by atoms with Crippen LogP contribution in [-0.4, -0.2) is 0 Å². The van der Waals surface area contributed by atoms with Crippen LogP contribution >= 0.6 is 0 Å². The zero-order valence-corrected chi connectivity index (χ0v) is 11.9. The minimum absolute atomic E-state index is 0. The van der Waals surface area contributed by atoms with Gasteiger partial charge in [0.05, 0.1) is 0 Å². The fraction of sp³-hybridized carbons (Fsp3) is 0.200. The maximum Gasteiger partial charge on any atom is 4.00 e. The van der Waals surface area contributed by atoms with Gasteiger partial charge in [0.1, 0.15) is 0 Å². The van der Waals surface area contributed by atoms with Crippen molar-refractivity contribution in [2.75, 3.05) is 0 Å². The van der Waals surface area contributed by atoms with Crippen molar-refractivity contribution >= 4 is 0 Å². The fourth-order valence-corrected chi connectivity index (χ4v) is 0.680. The summed E-state index contributed by atoms with van der Waals surface area (Å²) in [5.74, 6) is 0. The summed E-state index contributed by atoms with van der Waals surface area (Å²) < 4.78 is 0. The molecule has 0 aliphatic heterocycles. The smallest absolute Gasteiger partial charge is 1.00 e. The first kappa shape index (κ1) is 19.2. The molecular weight excluding hydrogens is 327 g/mol. The van der Waals surface area contributed by atoms with Crippen molar-refractivity contribution in [1.82, 2.24) is 0 Å². The number of hydrogen-bond donors (Lipinski definition) is 0. The average molecular weight is 337 g/mol. The van der Waals surface area contributed by atoms with Crippen molar-refractivity contribution in [3.8, 4) is 0 Å². The molecule has 0 aromatic heterocycles. The van der Waals surface area contributed by atoms with Gasteiger partial charge in [-0.2, -0.15) is 12.2 Å². The summed E-state index contributed by atoms with van der Waals surface area (Å²) in [6.07, 6.45) is 20.0. The van der Waals surface area contributed by atoms with Crippen molar-refractivity contribution in [3.05, 3.63) is 48.6 Å². The second-order valence-electron chi connectivity index (χ2n) is 2.01. The van der Waals surface area contributed by atoms with E-state index in [-0.39, 0.29) is 55.6 Å². The second kappa shape index (κ2) is 15.1. The third-order valence-electron chi connectivity index (χ3n) is 1.17. The molecule has 13 heavy (non-hydrogen) atoms. The summed E-state index contributed by atoms with van der Waals surface area (Å²) in [7, 11) is 0. The predicted octanol–water partition coefficient (Wildman–Crippen LogP) is -3.38. The molecule has 0 radical (unpaired) electrons. The molecular formula is C10H10BrClZr. The third kappa shape index (κ3) is 12.6. The third-order valence-corrected chi connectivity index (χ3v) is 1.17. The molecule has 0 aromatic carbocycles. The Morgan fingerprint density at radius 1 is 0.846 bits per heavy atom. The molecule has 0 saturated heterocycles. The van der Waals surface area contributed by atoms with Gasteiger partial charge in [-0.3, -0.25) is 12.2 Å². The zero-order chi connectivity index (χ0) is 7.07. The minimum Gasteiger partial charge on any atom is -1.00 e. The molecule has 0 heterocycles. The van der Waals surface area contributed by atoms with E-state index in [1.165, 1.54) is 0 Å². The predicted molar refractivity (Wildman–Crippen MR) is 43.1 cm³/mol. The molecule has 0 saturated carbocycles. The van der Waals surface area contributed by atoms with Gasteiger partial charge < -0.3 is 29.4 Å². The molecule has 0 atom stereocenters. The molecule has 0 nitrogen and oxygen atoms in total.